The fourth-order valence-electron chi connectivity index (χ4n) is 3.12. The molecule has 0 spiro atoms. The normalized spacial score (nSPS) is 37.9. The molecule has 3 unspecified atom stereocenters. The van der Waals surface area contributed by atoms with E-state index < -0.39 is 5.60 Å². The molecule has 2 aliphatic rings. The van der Waals surface area contributed by atoms with E-state index in [-0.39, 0.29) is 0 Å². The van der Waals surface area contributed by atoms with Crippen LogP contribution in [-0.2, 0) is 4.74 Å². The summed E-state index contributed by atoms with van der Waals surface area (Å²) in [5, 5.41) is 14.0. The van der Waals surface area contributed by atoms with Gasteiger partial charge in [-0.3, -0.25) is 0 Å². The summed E-state index contributed by atoms with van der Waals surface area (Å²) < 4.78 is 5.31. The lowest BCUT2D eigenvalue weighted by Crippen LogP contribution is -2.50. The molecule has 0 amide bonds. The van der Waals surface area contributed by atoms with E-state index in [0.717, 1.165) is 31.2 Å². The molecule has 2 rings (SSSR count). The number of ether oxygens (including phenoxy) is 1. The third-order valence-corrected chi connectivity index (χ3v) is 4.82. The molecule has 1 saturated heterocycles. The van der Waals surface area contributed by atoms with Gasteiger partial charge >= 0.3 is 0 Å². The summed E-state index contributed by atoms with van der Waals surface area (Å²) >= 11 is 0. The molecule has 100 valence electrons. The van der Waals surface area contributed by atoms with Crippen LogP contribution < -0.4 is 5.32 Å². The minimum Gasteiger partial charge on any atom is -0.388 e. The third kappa shape index (κ3) is 3.43. The maximum atomic E-state index is 10.4. The minimum atomic E-state index is -0.529. The number of rotatable bonds is 3. The van der Waals surface area contributed by atoms with E-state index >= 15 is 0 Å². The summed E-state index contributed by atoms with van der Waals surface area (Å²) in [6, 6.07) is 0.589. The van der Waals surface area contributed by atoms with Crippen LogP contribution in [0.15, 0.2) is 0 Å². The van der Waals surface area contributed by atoms with Crippen LogP contribution in [0.25, 0.3) is 0 Å². The van der Waals surface area contributed by atoms with Crippen LogP contribution in [0.4, 0.5) is 0 Å². The van der Waals surface area contributed by atoms with Crippen molar-refractivity contribution in [2.45, 2.75) is 57.6 Å². The van der Waals surface area contributed by atoms with Crippen molar-refractivity contribution in [1.82, 2.24) is 5.32 Å². The Morgan fingerprint density at radius 3 is 2.65 bits per heavy atom. The van der Waals surface area contributed by atoms with Gasteiger partial charge in [0.1, 0.15) is 0 Å². The first-order valence-electron chi connectivity index (χ1n) is 7.14. The van der Waals surface area contributed by atoms with Crippen molar-refractivity contribution in [2.24, 2.45) is 11.8 Å². The van der Waals surface area contributed by atoms with Gasteiger partial charge in [0, 0.05) is 38.6 Å². The van der Waals surface area contributed by atoms with Crippen molar-refractivity contribution < 1.29 is 9.84 Å². The van der Waals surface area contributed by atoms with Crippen LogP contribution in [0.3, 0.4) is 0 Å². The second kappa shape index (κ2) is 5.68. The first-order chi connectivity index (χ1) is 8.11. The predicted molar refractivity (Wildman–Crippen MR) is 69.0 cm³/mol. The third-order valence-electron chi connectivity index (χ3n) is 4.82. The summed E-state index contributed by atoms with van der Waals surface area (Å²) in [6.07, 6.45) is 5.49. The highest BCUT2D eigenvalue weighted by molar-refractivity contribution is 4.88. The number of nitrogens with one attached hydrogen (secondary N) is 1. The van der Waals surface area contributed by atoms with E-state index in [0.29, 0.717) is 19.3 Å². The van der Waals surface area contributed by atoms with Gasteiger partial charge in [0.2, 0.25) is 0 Å². The smallest absolute Gasteiger partial charge is 0.0815 e. The lowest BCUT2D eigenvalue weighted by atomic mass is 9.77. The lowest BCUT2D eigenvalue weighted by Gasteiger charge is -2.38. The van der Waals surface area contributed by atoms with Crippen molar-refractivity contribution >= 4 is 0 Å². The Kier molecular flexibility index (Phi) is 4.45. The maximum absolute atomic E-state index is 10.4. The van der Waals surface area contributed by atoms with Gasteiger partial charge in [0.05, 0.1) is 5.60 Å². The summed E-state index contributed by atoms with van der Waals surface area (Å²) in [5.41, 5.74) is -0.529. The molecule has 3 atom stereocenters. The molecular weight excluding hydrogens is 214 g/mol. The molecule has 1 aliphatic carbocycles. The molecule has 1 saturated carbocycles. The lowest BCUT2D eigenvalue weighted by molar-refractivity contribution is -0.0643. The standard InChI is InChI=1S/C14H27NO2/c1-11-4-3-5-13(12(11)2)15-10-14(16)6-8-17-9-7-14/h11-13,15-16H,3-10H2,1-2H3. The molecule has 0 aromatic heterocycles. The highest BCUT2D eigenvalue weighted by atomic mass is 16.5. The molecule has 0 aromatic carbocycles. The van der Waals surface area contributed by atoms with Crippen LogP contribution in [0.2, 0.25) is 0 Å². The van der Waals surface area contributed by atoms with Gasteiger partial charge in [-0.1, -0.05) is 26.7 Å². The van der Waals surface area contributed by atoms with Gasteiger partial charge in [-0.15, -0.1) is 0 Å². The molecule has 3 nitrogen and oxygen atoms in total. The van der Waals surface area contributed by atoms with E-state index in [4.69, 9.17) is 4.74 Å². The Balaban J connectivity index is 1.80. The number of hydrogen-bond donors (Lipinski definition) is 2. The molecule has 2 fully saturated rings. The first-order valence-corrected chi connectivity index (χ1v) is 7.14. The van der Waals surface area contributed by atoms with E-state index in [2.05, 4.69) is 19.2 Å². The second-order valence-corrected chi connectivity index (χ2v) is 6.09. The molecular formula is C14H27NO2. The van der Waals surface area contributed by atoms with Crippen molar-refractivity contribution in [3.63, 3.8) is 0 Å². The largest absolute Gasteiger partial charge is 0.388 e. The average Bonchev–Trinajstić information content (AvgIpc) is 2.32. The van der Waals surface area contributed by atoms with Crippen LogP contribution in [0.5, 0.6) is 0 Å². The van der Waals surface area contributed by atoms with Crippen molar-refractivity contribution in [3.8, 4) is 0 Å². The van der Waals surface area contributed by atoms with Gasteiger partial charge in [-0.25, -0.2) is 0 Å². The molecule has 2 N–H and O–H groups in total. The second-order valence-electron chi connectivity index (χ2n) is 6.09. The summed E-state index contributed by atoms with van der Waals surface area (Å²) in [4.78, 5) is 0. The van der Waals surface area contributed by atoms with Crippen LogP contribution >= 0.6 is 0 Å². The van der Waals surface area contributed by atoms with Gasteiger partial charge in [-0.2, -0.15) is 0 Å². The Labute approximate surface area is 105 Å². The molecule has 17 heavy (non-hydrogen) atoms. The molecule has 0 aromatic rings. The van der Waals surface area contributed by atoms with Crippen LogP contribution in [-0.4, -0.2) is 36.5 Å². The van der Waals surface area contributed by atoms with Gasteiger partial charge in [0.25, 0.3) is 0 Å². The zero-order valence-corrected chi connectivity index (χ0v) is 11.2. The van der Waals surface area contributed by atoms with E-state index in [1.165, 1.54) is 19.3 Å². The van der Waals surface area contributed by atoms with E-state index in [9.17, 15) is 5.11 Å². The van der Waals surface area contributed by atoms with Crippen molar-refractivity contribution in [1.29, 1.82) is 0 Å². The number of hydrogen-bond acceptors (Lipinski definition) is 3. The Morgan fingerprint density at radius 2 is 1.94 bits per heavy atom. The maximum Gasteiger partial charge on any atom is 0.0815 e. The number of aliphatic hydroxyl groups is 1. The minimum absolute atomic E-state index is 0.529. The fraction of sp³-hybridized carbons (Fsp3) is 1.00. The monoisotopic (exact) mass is 241 g/mol. The van der Waals surface area contributed by atoms with Gasteiger partial charge in [0.15, 0.2) is 0 Å². The topological polar surface area (TPSA) is 41.5 Å². The highest BCUT2D eigenvalue weighted by Gasteiger charge is 2.32. The predicted octanol–water partition coefficient (Wildman–Crippen LogP) is 1.94. The Bertz CT molecular complexity index is 238. The summed E-state index contributed by atoms with van der Waals surface area (Å²) in [5.74, 6) is 1.54. The SMILES string of the molecule is CC1CCCC(NCC2(O)CCOCC2)C1C. The fourth-order valence-corrected chi connectivity index (χ4v) is 3.12. The van der Waals surface area contributed by atoms with E-state index in [1.54, 1.807) is 0 Å². The molecule has 3 heteroatoms. The molecule has 1 aliphatic heterocycles. The van der Waals surface area contributed by atoms with Gasteiger partial charge in [-0.05, 0) is 18.3 Å². The molecule has 0 bridgehead atoms. The first kappa shape index (κ1) is 13.3. The zero-order valence-electron chi connectivity index (χ0n) is 11.2. The summed E-state index contributed by atoms with van der Waals surface area (Å²) in [7, 11) is 0. The van der Waals surface area contributed by atoms with Crippen LogP contribution in [0, 0.1) is 11.8 Å². The van der Waals surface area contributed by atoms with Crippen molar-refractivity contribution in [2.75, 3.05) is 19.8 Å². The molecule has 1 heterocycles. The van der Waals surface area contributed by atoms with Crippen molar-refractivity contribution in [3.05, 3.63) is 0 Å². The average molecular weight is 241 g/mol. The van der Waals surface area contributed by atoms with Gasteiger partial charge < -0.3 is 15.2 Å². The molecule has 0 radical (unpaired) electrons. The highest BCUT2D eigenvalue weighted by Crippen LogP contribution is 2.30. The Hall–Kier alpha value is -0.120. The Morgan fingerprint density at radius 1 is 1.24 bits per heavy atom. The zero-order chi connectivity index (χ0) is 12.3. The van der Waals surface area contributed by atoms with E-state index in [1.807, 2.05) is 0 Å². The van der Waals surface area contributed by atoms with Crippen LogP contribution in [0.1, 0.15) is 46.0 Å². The quantitative estimate of drug-likeness (QED) is 0.793. The summed E-state index contributed by atoms with van der Waals surface area (Å²) in [6.45, 7) is 6.83.